The summed E-state index contributed by atoms with van der Waals surface area (Å²) in [5.41, 5.74) is 0. The Morgan fingerprint density at radius 1 is 0.857 bits per heavy atom. The van der Waals surface area contributed by atoms with Crippen LogP contribution in [0.3, 0.4) is 0 Å². The molecule has 0 aromatic heterocycles. The number of piperazine rings is 1. The van der Waals surface area contributed by atoms with Crippen LogP contribution in [0.2, 0.25) is 0 Å². The van der Waals surface area contributed by atoms with Gasteiger partial charge in [0.1, 0.15) is 0 Å². The molecule has 0 aromatic carbocycles. The quantitative estimate of drug-likeness (QED) is 0.749. The molecule has 4 heteroatoms. The fourth-order valence-electron chi connectivity index (χ4n) is 2.70. The average molecular weight is 302 g/mol. The molecule has 128 valence electrons. The SMILES string of the molecule is CC.CC.COCCN1CC(CCN2CCN(C)CC2)C1. The van der Waals surface area contributed by atoms with E-state index in [1.807, 2.05) is 27.7 Å². The molecule has 2 fully saturated rings. The maximum absolute atomic E-state index is 5.09. The molecule has 0 saturated carbocycles. The van der Waals surface area contributed by atoms with Crippen molar-refractivity contribution in [3.63, 3.8) is 0 Å². The summed E-state index contributed by atoms with van der Waals surface area (Å²) in [6, 6.07) is 0. The minimum atomic E-state index is 0.880. The van der Waals surface area contributed by atoms with Crippen molar-refractivity contribution in [3.05, 3.63) is 0 Å². The summed E-state index contributed by atoms with van der Waals surface area (Å²) < 4.78 is 5.09. The van der Waals surface area contributed by atoms with Crippen LogP contribution in [-0.4, -0.2) is 87.8 Å². The largest absolute Gasteiger partial charge is 0.383 e. The van der Waals surface area contributed by atoms with Gasteiger partial charge in [-0.3, -0.25) is 0 Å². The second-order valence-electron chi connectivity index (χ2n) is 5.55. The maximum atomic E-state index is 5.09. The molecular weight excluding hydrogens is 262 g/mol. The van der Waals surface area contributed by atoms with Crippen LogP contribution < -0.4 is 0 Å². The van der Waals surface area contributed by atoms with E-state index in [9.17, 15) is 0 Å². The topological polar surface area (TPSA) is 19.0 Å². The van der Waals surface area contributed by atoms with Gasteiger partial charge in [-0.25, -0.2) is 0 Å². The van der Waals surface area contributed by atoms with Crippen LogP contribution >= 0.6 is 0 Å². The van der Waals surface area contributed by atoms with Gasteiger partial charge in [0, 0.05) is 52.9 Å². The second-order valence-corrected chi connectivity index (χ2v) is 5.55. The Bertz CT molecular complexity index is 212. The van der Waals surface area contributed by atoms with Crippen LogP contribution in [0, 0.1) is 5.92 Å². The molecule has 2 aliphatic rings. The van der Waals surface area contributed by atoms with E-state index in [1.54, 1.807) is 7.11 Å². The summed E-state index contributed by atoms with van der Waals surface area (Å²) in [5, 5.41) is 0. The van der Waals surface area contributed by atoms with Gasteiger partial charge in [0.05, 0.1) is 6.61 Å². The third-order valence-electron chi connectivity index (χ3n) is 4.09. The highest BCUT2D eigenvalue weighted by Crippen LogP contribution is 2.19. The summed E-state index contributed by atoms with van der Waals surface area (Å²) in [7, 11) is 4.00. The third-order valence-corrected chi connectivity index (χ3v) is 4.09. The van der Waals surface area contributed by atoms with Crippen LogP contribution in [0.1, 0.15) is 34.1 Å². The fraction of sp³-hybridized carbons (Fsp3) is 1.00. The summed E-state index contributed by atoms with van der Waals surface area (Å²) in [6.45, 7) is 18.9. The van der Waals surface area contributed by atoms with Crippen molar-refractivity contribution in [2.45, 2.75) is 34.1 Å². The van der Waals surface area contributed by atoms with E-state index in [0.717, 1.165) is 19.1 Å². The van der Waals surface area contributed by atoms with E-state index >= 15 is 0 Å². The van der Waals surface area contributed by atoms with Gasteiger partial charge in [-0.05, 0) is 25.9 Å². The van der Waals surface area contributed by atoms with E-state index in [2.05, 4.69) is 21.7 Å². The molecule has 0 unspecified atom stereocenters. The molecule has 0 amide bonds. The Kier molecular flexibility index (Phi) is 13.4. The molecule has 0 atom stereocenters. The zero-order chi connectivity index (χ0) is 16.1. The molecule has 0 bridgehead atoms. The highest BCUT2D eigenvalue weighted by Gasteiger charge is 2.26. The van der Waals surface area contributed by atoms with Gasteiger partial charge in [0.2, 0.25) is 0 Å². The first-order chi connectivity index (χ1) is 10.3. The van der Waals surface area contributed by atoms with Crippen LogP contribution in [0.15, 0.2) is 0 Å². The molecule has 21 heavy (non-hydrogen) atoms. The summed E-state index contributed by atoms with van der Waals surface area (Å²) >= 11 is 0. The maximum Gasteiger partial charge on any atom is 0.0589 e. The van der Waals surface area contributed by atoms with Gasteiger partial charge in [-0.1, -0.05) is 27.7 Å². The molecule has 0 aliphatic carbocycles. The van der Waals surface area contributed by atoms with Crippen molar-refractivity contribution in [1.82, 2.24) is 14.7 Å². The summed E-state index contributed by atoms with van der Waals surface area (Å²) in [6.07, 6.45) is 1.38. The van der Waals surface area contributed by atoms with Crippen LogP contribution in [-0.2, 0) is 4.74 Å². The molecular formula is C17H39N3O. The lowest BCUT2D eigenvalue weighted by Gasteiger charge is -2.41. The van der Waals surface area contributed by atoms with Gasteiger partial charge >= 0.3 is 0 Å². The second kappa shape index (κ2) is 13.5. The first-order valence-corrected chi connectivity index (χ1v) is 8.90. The predicted molar refractivity (Wildman–Crippen MR) is 93.1 cm³/mol. The number of hydrogen-bond acceptors (Lipinski definition) is 4. The van der Waals surface area contributed by atoms with Crippen LogP contribution in [0.5, 0.6) is 0 Å². The monoisotopic (exact) mass is 301 g/mol. The molecule has 2 aliphatic heterocycles. The number of ether oxygens (including phenoxy) is 1. The fourth-order valence-corrected chi connectivity index (χ4v) is 2.70. The molecule has 4 nitrogen and oxygen atoms in total. The van der Waals surface area contributed by atoms with Crippen molar-refractivity contribution in [2.75, 3.05) is 73.1 Å². The Hall–Kier alpha value is -0.160. The highest BCUT2D eigenvalue weighted by atomic mass is 16.5. The van der Waals surface area contributed by atoms with Crippen molar-refractivity contribution in [1.29, 1.82) is 0 Å². The van der Waals surface area contributed by atoms with E-state index in [1.165, 1.54) is 52.2 Å². The average Bonchev–Trinajstić information content (AvgIpc) is 2.51. The smallest absolute Gasteiger partial charge is 0.0589 e. The summed E-state index contributed by atoms with van der Waals surface area (Å²) in [4.78, 5) is 7.54. The molecule has 0 N–H and O–H groups in total. The molecule has 0 aromatic rings. The Labute approximate surface area is 133 Å². The van der Waals surface area contributed by atoms with Gasteiger partial charge in [0.25, 0.3) is 0 Å². The lowest BCUT2D eigenvalue weighted by atomic mass is 9.96. The predicted octanol–water partition coefficient (Wildman–Crippen LogP) is 2.25. The van der Waals surface area contributed by atoms with Gasteiger partial charge in [-0.15, -0.1) is 0 Å². The summed E-state index contributed by atoms with van der Waals surface area (Å²) in [5.74, 6) is 0.937. The van der Waals surface area contributed by atoms with Gasteiger partial charge in [-0.2, -0.15) is 0 Å². The third kappa shape index (κ3) is 8.77. The Morgan fingerprint density at radius 3 is 1.95 bits per heavy atom. The number of likely N-dealkylation sites (N-methyl/N-ethyl adjacent to an activating group) is 1. The number of nitrogens with zero attached hydrogens (tertiary/aromatic N) is 3. The number of hydrogen-bond donors (Lipinski definition) is 0. The van der Waals surface area contributed by atoms with E-state index in [0.29, 0.717) is 0 Å². The standard InChI is InChI=1S/C13H27N3O.2C2H6/c1-14-5-7-15(8-6-14)4-3-13-11-16(12-13)9-10-17-2;2*1-2/h13H,3-12H2,1-2H3;2*1-2H3. The van der Waals surface area contributed by atoms with E-state index in [4.69, 9.17) is 4.74 Å². The van der Waals surface area contributed by atoms with Crippen molar-refractivity contribution in [3.8, 4) is 0 Å². The van der Waals surface area contributed by atoms with E-state index in [-0.39, 0.29) is 0 Å². The van der Waals surface area contributed by atoms with E-state index < -0.39 is 0 Å². The van der Waals surface area contributed by atoms with Gasteiger partial charge < -0.3 is 19.4 Å². The lowest BCUT2D eigenvalue weighted by Crippen LogP contribution is -2.50. The molecule has 2 saturated heterocycles. The molecule has 0 radical (unpaired) electrons. The van der Waals surface area contributed by atoms with Crippen LogP contribution in [0.25, 0.3) is 0 Å². The van der Waals surface area contributed by atoms with Crippen molar-refractivity contribution < 1.29 is 4.74 Å². The Balaban J connectivity index is 0.000000921. The minimum Gasteiger partial charge on any atom is -0.383 e. The first kappa shape index (κ1) is 20.8. The van der Waals surface area contributed by atoms with Crippen LogP contribution in [0.4, 0.5) is 0 Å². The zero-order valence-corrected chi connectivity index (χ0v) is 15.4. The van der Waals surface area contributed by atoms with Crippen molar-refractivity contribution >= 4 is 0 Å². The van der Waals surface area contributed by atoms with Gasteiger partial charge in [0.15, 0.2) is 0 Å². The normalized spacial score (nSPS) is 20.9. The number of methoxy groups -OCH3 is 1. The molecule has 0 spiro atoms. The minimum absolute atomic E-state index is 0.880. The molecule has 2 heterocycles. The van der Waals surface area contributed by atoms with Crippen molar-refractivity contribution in [2.24, 2.45) is 5.92 Å². The number of rotatable bonds is 6. The highest BCUT2D eigenvalue weighted by molar-refractivity contribution is 4.81. The molecule has 2 rings (SSSR count). The Morgan fingerprint density at radius 2 is 1.43 bits per heavy atom. The number of likely N-dealkylation sites (tertiary alicyclic amines) is 1. The first-order valence-electron chi connectivity index (χ1n) is 8.90. The lowest BCUT2D eigenvalue weighted by molar-refractivity contribution is 0.0510. The zero-order valence-electron chi connectivity index (χ0n) is 15.4.